The zero-order valence-corrected chi connectivity index (χ0v) is 20.1. The fourth-order valence-corrected chi connectivity index (χ4v) is 5.29. The van der Waals surface area contributed by atoms with Gasteiger partial charge in [0.25, 0.3) is 15.9 Å². The molecule has 0 saturated heterocycles. The van der Waals surface area contributed by atoms with Gasteiger partial charge in [0.15, 0.2) is 6.10 Å². The molecule has 10 heteroatoms. The van der Waals surface area contributed by atoms with E-state index < -0.39 is 28.0 Å². The maximum absolute atomic E-state index is 12.8. The Bertz CT molecular complexity index is 1570. The van der Waals surface area contributed by atoms with E-state index >= 15 is 0 Å². The Hall–Kier alpha value is -3.92. The predicted molar refractivity (Wildman–Crippen MR) is 134 cm³/mol. The van der Waals surface area contributed by atoms with Gasteiger partial charge >= 0.3 is 5.97 Å². The maximum atomic E-state index is 12.8. The molecule has 2 aliphatic rings. The van der Waals surface area contributed by atoms with E-state index in [4.69, 9.17) is 4.74 Å². The second-order valence-electron chi connectivity index (χ2n) is 8.38. The Kier molecular flexibility index (Phi) is 5.68. The number of carbonyl (C=O) groups excluding carboxylic acids is 2. The summed E-state index contributed by atoms with van der Waals surface area (Å²) in [6.45, 7) is 4.61. The van der Waals surface area contributed by atoms with Gasteiger partial charge < -0.3 is 19.5 Å². The van der Waals surface area contributed by atoms with E-state index in [1.807, 2.05) is 30.3 Å². The van der Waals surface area contributed by atoms with Crippen molar-refractivity contribution in [2.45, 2.75) is 26.5 Å². The first-order chi connectivity index (χ1) is 16.8. The van der Waals surface area contributed by atoms with Crippen molar-refractivity contribution in [1.82, 2.24) is 9.47 Å². The van der Waals surface area contributed by atoms with Crippen LogP contribution in [0.2, 0.25) is 0 Å². The van der Waals surface area contributed by atoms with Crippen LogP contribution in [0.15, 0.2) is 70.8 Å². The number of aryl methyl sites for hydroxylation is 1. The average Bonchev–Trinajstić information content (AvgIpc) is 3.16. The molecule has 2 aliphatic heterocycles. The third kappa shape index (κ3) is 4.32. The number of rotatable bonds is 5. The standard InChI is InChI=1S/C25H24N4O5S/c1-3-29-21-7-5-4-6-19(21)20-14-18(9-10-22(20)29)26-24(30)16(2)34-25(31)17-8-11-23-27-35(32,33)13-12-28(23)15-17/h4-11,14-16H,3,12-13H2,1-2H3,(H,26,30). The zero-order chi connectivity index (χ0) is 24.7. The van der Waals surface area contributed by atoms with Crippen LogP contribution in [0, 0.1) is 0 Å². The van der Waals surface area contributed by atoms with E-state index in [9.17, 15) is 18.0 Å². The summed E-state index contributed by atoms with van der Waals surface area (Å²) >= 11 is 0. The summed E-state index contributed by atoms with van der Waals surface area (Å²) in [7, 11) is -3.48. The first kappa shape index (κ1) is 22.9. The Balaban J connectivity index is 1.29. The number of amides is 1. The molecule has 0 spiro atoms. The fourth-order valence-electron chi connectivity index (χ4n) is 4.32. The molecule has 5 rings (SSSR count). The maximum Gasteiger partial charge on any atom is 0.340 e. The number of nitrogens with zero attached hydrogens (tertiary/aromatic N) is 3. The van der Waals surface area contributed by atoms with Gasteiger partial charge in [-0.2, -0.15) is 0 Å². The van der Waals surface area contributed by atoms with Gasteiger partial charge in [-0.05, 0) is 50.3 Å². The minimum atomic E-state index is -3.48. The number of carbonyl (C=O) groups is 2. The van der Waals surface area contributed by atoms with Crippen molar-refractivity contribution in [1.29, 1.82) is 0 Å². The summed E-state index contributed by atoms with van der Waals surface area (Å²) in [5, 5.41) is 4.96. The molecule has 2 aromatic carbocycles. The van der Waals surface area contributed by atoms with Crippen molar-refractivity contribution >= 4 is 55.2 Å². The monoisotopic (exact) mass is 492 g/mol. The van der Waals surface area contributed by atoms with Gasteiger partial charge in [0.2, 0.25) is 0 Å². The number of hydrogen-bond donors (Lipinski definition) is 1. The van der Waals surface area contributed by atoms with Crippen molar-refractivity contribution in [3.8, 4) is 0 Å². The molecule has 0 radical (unpaired) electrons. The Labute approximate surface area is 202 Å². The summed E-state index contributed by atoms with van der Waals surface area (Å²) in [5.41, 5.74) is 3.02. The molecule has 0 saturated carbocycles. The molecule has 180 valence electrons. The lowest BCUT2D eigenvalue weighted by Gasteiger charge is -2.27. The van der Waals surface area contributed by atoms with Crippen LogP contribution in [0.25, 0.3) is 21.8 Å². The Morgan fingerprint density at radius 2 is 1.89 bits per heavy atom. The van der Waals surface area contributed by atoms with E-state index in [1.54, 1.807) is 4.90 Å². The minimum absolute atomic E-state index is 0.136. The van der Waals surface area contributed by atoms with Crippen molar-refractivity contribution in [2.24, 2.45) is 4.40 Å². The van der Waals surface area contributed by atoms with Gasteiger partial charge in [0, 0.05) is 46.8 Å². The number of aromatic nitrogens is 1. The van der Waals surface area contributed by atoms with Crippen LogP contribution >= 0.6 is 0 Å². The van der Waals surface area contributed by atoms with Crippen LogP contribution in [-0.4, -0.2) is 54.0 Å². The van der Waals surface area contributed by atoms with Crippen molar-refractivity contribution in [2.75, 3.05) is 17.6 Å². The van der Waals surface area contributed by atoms with Gasteiger partial charge in [0.05, 0.1) is 11.3 Å². The number of para-hydroxylation sites is 1. The molecule has 35 heavy (non-hydrogen) atoms. The van der Waals surface area contributed by atoms with Gasteiger partial charge in [-0.15, -0.1) is 4.40 Å². The Morgan fingerprint density at radius 3 is 2.69 bits per heavy atom. The van der Waals surface area contributed by atoms with Crippen molar-refractivity contribution in [3.05, 3.63) is 66.4 Å². The normalized spacial score (nSPS) is 17.5. The Morgan fingerprint density at radius 1 is 1.11 bits per heavy atom. The second kappa shape index (κ2) is 8.70. The highest BCUT2D eigenvalue weighted by Crippen LogP contribution is 2.31. The molecule has 0 aliphatic carbocycles. The lowest BCUT2D eigenvalue weighted by Crippen LogP contribution is -2.37. The summed E-state index contributed by atoms with van der Waals surface area (Å²) in [6, 6.07) is 13.8. The van der Waals surface area contributed by atoms with Gasteiger partial charge in [-0.1, -0.05) is 18.2 Å². The topological polar surface area (TPSA) is 110 Å². The van der Waals surface area contributed by atoms with Crippen LogP contribution in [0.1, 0.15) is 13.8 Å². The van der Waals surface area contributed by atoms with Crippen molar-refractivity contribution < 1.29 is 22.7 Å². The summed E-state index contributed by atoms with van der Waals surface area (Å²) < 4.78 is 34.5. The molecule has 1 N–H and O–H groups in total. The number of anilines is 1. The van der Waals surface area contributed by atoms with Crippen LogP contribution in [0.3, 0.4) is 0 Å². The van der Waals surface area contributed by atoms with Crippen LogP contribution in [0.4, 0.5) is 5.69 Å². The molecule has 1 atom stereocenters. The van der Waals surface area contributed by atoms with Crippen molar-refractivity contribution in [3.63, 3.8) is 0 Å². The van der Waals surface area contributed by atoms with Gasteiger partial charge in [-0.25, -0.2) is 13.2 Å². The third-order valence-electron chi connectivity index (χ3n) is 6.07. The molecule has 1 unspecified atom stereocenters. The lowest BCUT2D eigenvalue weighted by molar-refractivity contribution is -0.149. The first-order valence-electron chi connectivity index (χ1n) is 11.3. The largest absolute Gasteiger partial charge is 0.449 e. The highest BCUT2D eigenvalue weighted by molar-refractivity contribution is 7.90. The second-order valence-corrected chi connectivity index (χ2v) is 10.1. The van der Waals surface area contributed by atoms with E-state index in [2.05, 4.69) is 33.3 Å². The number of benzene rings is 2. The third-order valence-corrected chi connectivity index (χ3v) is 7.23. The van der Waals surface area contributed by atoms with Crippen LogP contribution < -0.4 is 5.32 Å². The van der Waals surface area contributed by atoms with Crippen LogP contribution in [0.5, 0.6) is 0 Å². The van der Waals surface area contributed by atoms with Crippen LogP contribution in [-0.2, 0) is 30.9 Å². The molecular weight excluding hydrogens is 468 g/mol. The van der Waals surface area contributed by atoms with E-state index in [0.717, 1.165) is 28.4 Å². The van der Waals surface area contributed by atoms with E-state index in [1.165, 1.54) is 25.3 Å². The highest BCUT2D eigenvalue weighted by Gasteiger charge is 2.27. The smallest absolute Gasteiger partial charge is 0.340 e. The summed E-state index contributed by atoms with van der Waals surface area (Å²) in [5.74, 6) is -1.02. The number of ether oxygens (including phenoxy) is 1. The minimum Gasteiger partial charge on any atom is -0.449 e. The molecule has 0 bridgehead atoms. The molecule has 0 fully saturated rings. The number of amidine groups is 1. The number of fused-ring (bicyclic) bond motifs is 4. The lowest BCUT2D eigenvalue weighted by atomic mass is 10.1. The fraction of sp³-hybridized carbons (Fsp3) is 0.240. The van der Waals surface area contributed by atoms with Gasteiger partial charge in [0.1, 0.15) is 5.84 Å². The SMILES string of the molecule is CCn1c2ccccc2c2cc(NC(=O)C(C)OC(=O)C3=CN4CCS(=O)(=O)N=C4C=C3)ccc21. The molecule has 3 heterocycles. The molecule has 3 aromatic rings. The predicted octanol–water partition coefficient (Wildman–Crippen LogP) is 3.18. The number of sulfonamides is 1. The molecule has 1 aromatic heterocycles. The first-order valence-corrected chi connectivity index (χ1v) is 12.9. The number of nitrogens with one attached hydrogen (secondary N) is 1. The van der Waals surface area contributed by atoms with E-state index in [-0.39, 0.29) is 23.7 Å². The highest BCUT2D eigenvalue weighted by atomic mass is 32.2. The molecule has 9 nitrogen and oxygen atoms in total. The number of hydrogen-bond acceptors (Lipinski definition) is 6. The average molecular weight is 493 g/mol. The summed E-state index contributed by atoms with van der Waals surface area (Å²) in [6.07, 6.45) is 3.32. The van der Waals surface area contributed by atoms with Gasteiger partial charge in [-0.3, -0.25) is 4.79 Å². The quantitative estimate of drug-likeness (QED) is 0.548. The zero-order valence-electron chi connectivity index (χ0n) is 19.3. The summed E-state index contributed by atoms with van der Waals surface area (Å²) in [4.78, 5) is 27.0. The molecular formula is C25H24N4O5S. The van der Waals surface area contributed by atoms with E-state index in [0.29, 0.717) is 5.69 Å². The number of esters is 1. The molecule has 1 amide bonds.